The van der Waals surface area contributed by atoms with Gasteiger partial charge in [-0.15, -0.1) is 5.92 Å². The number of carbonyl (C=O) groups is 1. The number of hydrogen-bond acceptors (Lipinski definition) is 6. The molecule has 0 radical (unpaired) electrons. The molecule has 0 spiro atoms. The van der Waals surface area contributed by atoms with Gasteiger partial charge in [-0.3, -0.25) is 0 Å². The summed E-state index contributed by atoms with van der Waals surface area (Å²) in [7, 11) is -3.66. The fraction of sp³-hybridized carbons (Fsp3) is 0.571. The Balaban J connectivity index is 1.57. The van der Waals surface area contributed by atoms with Crippen LogP contribution in [-0.4, -0.2) is 68.7 Å². The van der Waals surface area contributed by atoms with E-state index < -0.39 is 22.2 Å². The van der Waals surface area contributed by atoms with Crippen molar-refractivity contribution in [1.82, 2.24) is 9.62 Å². The molecule has 170 valence electrons. The van der Waals surface area contributed by atoms with Gasteiger partial charge in [-0.05, 0) is 18.6 Å². The van der Waals surface area contributed by atoms with E-state index in [4.69, 9.17) is 14.6 Å². The predicted octanol–water partition coefficient (Wildman–Crippen LogP) is 2.09. The number of piperazine rings is 1. The molecule has 1 amide bonds. The normalized spacial score (nSPS) is 17.0. The van der Waals surface area contributed by atoms with Gasteiger partial charge in [-0.1, -0.05) is 25.7 Å². The zero-order chi connectivity index (χ0) is 22.3. The largest absolute Gasteiger partial charge is 0.465 e. The smallest absolute Gasteiger partial charge is 0.405 e. The van der Waals surface area contributed by atoms with Crippen molar-refractivity contribution >= 4 is 21.8 Å². The van der Waals surface area contributed by atoms with Gasteiger partial charge in [0.25, 0.3) is 0 Å². The zero-order valence-electron chi connectivity index (χ0n) is 17.7. The molecule has 0 saturated carbocycles. The van der Waals surface area contributed by atoms with Crippen molar-refractivity contribution in [2.45, 2.75) is 38.6 Å². The second kappa shape index (κ2) is 10.6. The molecule has 0 aromatic heterocycles. The predicted molar refractivity (Wildman–Crippen MR) is 117 cm³/mol. The van der Waals surface area contributed by atoms with E-state index in [1.807, 2.05) is 18.2 Å². The highest BCUT2D eigenvalue weighted by Gasteiger charge is 2.30. The molecule has 1 saturated heterocycles. The maximum absolute atomic E-state index is 12.9. The molecular formula is C21H29N3O6S. The molecule has 1 atom stereocenters. The van der Waals surface area contributed by atoms with Crippen LogP contribution in [0.25, 0.3) is 0 Å². The molecule has 0 aliphatic carbocycles. The van der Waals surface area contributed by atoms with Gasteiger partial charge in [0, 0.05) is 44.4 Å². The van der Waals surface area contributed by atoms with Crippen LogP contribution in [0.2, 0.25) is 0 Å². The highest BCUT2D eigenvalue weighted by Crippen LogP contribution is 2.35. The molecule has 1 aromatic rings. The molecule has 3 rings (SSSR count). The van der Waals surface area contributed by atoms with Crippen molar-refractivity contribution < 1.29 is 27.8 Å². The molecule has 10 heteroatoms. The Morgan fingerprint density at radius 1 is 1.19 bits per heavy atom. The Hall–Kier alpha value is -2.64. The van der Waals surface area contributed by atoms with Gasteiger partial charge in [0.2, 0.25) is 16.8 Å². The van der Waals surface area contributed by atoms with Gasteiger partial charge < -0.3 is 24.8 Å². The van der Waals surface area contributed by atoms with Gasteiger partial charge >= 0.3 is 6.09 Å². The minimum Gasteiger partial charge on any atom is -0.465 e. The second-order valence-corrected chi connectivity index (χ2v) is 9.50. The van der Waals surface area contributed by atoms with E-state index in [-0.39, 0.29) is 12.5 Å². The minimum absolute atomic E-state index is 0.206. The SMILES string of the molecule is CCCCCC#CC(CS(=O)(=O)N1CCN(c2ccc3c(c2)OCO3)CC1)NC(=O)O. The Bertz CT molecular complexity index is 932. The first kappa shape index (κ1) is 23.0. The topological polar surface area (TPSA) is 108 Å². The summed E-state index contributed by atoms with van der Waals surface area (Å²) in [5.41, 5.74) is 0.949. The average molecular weight is 452 g/mol. The van der Waals surface area contributed by atoms with Gasteiger partial charge in [-0.2, -0.15) is 4.31 Å². The minimum atomic E-state index is -3.66. The van der Waals surface area contributed by atoms with E-state index in [2.05, 4.69) is 29.0 Å². The van der Waals surface area contributed by atoms with Crippen LogP contribution < -0.4 is 19.7 Å². The van der Waals surface area contributed by atoms with Crippen LogP contribution in [0, 0.1) is 11.8 Å². The number of benzene rings is 1. The number of sulfonamides is 1. The first-order valence-corrected chi connectivity index (χ1v) is 12.1. The van der Waals surface area contributed by atoms with Crippen LogP contribution in [0.5, 0.6) is 11.5 Å². The lowest BCUT2D eigenvalue weighted by Gasteiger charge is -2.35. The second-order valence-electron chi connectivity index (χ2n) is 7.48. The number of rotatable bonds is 8. The molecule has 1 unspecified atom stereocenters. The van der Waals surface area contributed by atoms with Crippen LogP contribution >= 0.6 is 0 Å². The fourth-order valence-electron chi connectivity index (χ4n) is 3.55. The molecule has 9 nitrogen and oxygen atoms in total. The third-order valence-corrected chi connectivity index (χ3v) is 7.12. The molecule has 2 N–H and O–H groups in total. The molecule has 2 heterocycles. The van der Waals surface area contributed by atoms with Crippen molar-refractivity contribution in [1.29, 1.82) is 0 Å². The van der Waals surface area contributed by atoms with Gasteiger partial charge in [0.15, 0.2) is 11.5 Å². The average Bonchev–Trinajstić information content (AvgIpc) is 3.21. The third-order valence-electron chi connectivity index (χ3n) is 5.21. The maximum atomic E-state index is 12.9. The summed E-state index contributed by atoms with van der Waals surface area (Å²) >= 11 is 0. The highest BCUT2D eigenvalue weighted by molar-refractivity contribution is 7.89. The van der Waals surface area contributed by atoms with Gasteiger partial charge in [-0.25, -0.2) is 13.2 Å². The van der Waals surface area contributed by atoms with E-state index in [0.29, 0.717) is 44.1 Å². The number of amides is 1. The molecule has 31 heavy (non-hydrogen) atoms. The summed E-state index contributed by atoms with van der Waals surface area (Å²) in [6, 6.07) is 4.73. The summed E-state index contributed by atoms with van der Waals surface area (Å²) < 4.78 is 37.9. The van der Waals surface area contributed by atoms with E-state index in [1.54, 1.807) is 0 Å². The Morgan fingerprint density at radius 3 is 2.65 bits per heavy atom. The van der Waals surface area contributed by atoms with Gasteiger partial charge in [0.05, 0.1) is 5.75 Å². The van der Waals surface area contributed by atoms with Crippen molar-refractivity contribution in [2.75, 3.05) is 43.6 Å². The highest BCUT2D eigenvalue weighted by atomic mass is 32.2. The lowest BCUT2D eigenvalue weighted by atomic mass is 10.2. The fourth-order valence-corrected chi connectivity index (χ4v) is 5.07. The van der Waals surface area contributed by atoms with Crippen molar-refractivity contribution in [3.63, 3.8) is 0 Å². The first-order chi connectivity index (χ1) is 14.9. The van der Waals surface area contributed by atoms with E-state index in [1.165, 1.54) is 4.31 Å². The molecule has 2 aliphatic rings. The molecule has 1 fully saturated rings. The lowest BCUT2D eigenvalue weighted by Crippen LogP contribution is -2.51. The zero-order valence-corrected chi connectivity index (χ0v) is 18.5. The van der Waals surface area contributed by atoms with Crippen LogP contribution in [0.4, 0.5) is 10.5 Å². The number of unbranched alkanes of at least 4 members (excludes halogenated alkanes) is 3. The van der Waals surface area contributed by atoms with Gasteiger partial charge in [0.1, 0.15) is 6.04 Å². The molecular weight excluding hydrogens is 422 g/mol. The van der Waals surface area contributed by atoms with E-state index >= 15 is 0 Å². The van der Waals surface area contributed by atoms with Crippen molar-refractivity contribution in [2.24, 2.45) is 0 Å². The number of carboxylic acid groups (broad SMARTS) is 1. The number of nitrogens with zero attached hydrogens (tertiary/aromatic N) is 2. The number of fused-ring (bicyclic) bond motifs is 1. The number of ether oxygens (including phenoxy) is 2. The summed E-state index contributed by atoms with van der Waals surface area (Å²) in [6.45, 7) is 3.98. The summed E-state index contributed by atoms with van der Waals surface area (Å²) in [6.07, 6.45) is 2.36. The maximum Gasteiger partial charge on any atom is 0.405 e. The lowest BCUT2D eigenvalue weighted by molar-refractivity contribution is 0.174. The van der Waals surface area contributed by atoms with Crippen molar-refractivity contribution in [3.8, 4) is 23.3 Å². The monoisotopic (exact) mass is 451 g/mol. The molecule has 0 bridgehead atoms. The van der Waals surface area contributed by atoms with Crippen LogP contribution in [0.1, 0.15) is 32.6 Å². The Kier molecular flexibility index (Phi) is 7.87. The third kappa shape index (κ3) is 6.42. The summed E-state index contributed by atoms with van der Waals surface area (Å²) in [5, 5.41) is 11.3. The Labute approximate surface area is 183 Å². The van der Waals surface area contributed by atoms with Crippen molar-refractivity contribution in [3.05, 3.63) is 18.2 Å². The van der Waals surface area contributed by atoms with Crippen LogP contribution in [-0.2, 0) is 10.0 Å². The van der Waals surface area contributed by atoms with E-state index in [9.17, 15) is 13.2 Å². The standard InChI is InChI=1S/C21H29N3O6S/c1-2-3-4-5-6-7-17(22-21(25)26)15-31(27,28)24-12-10-23(11-13-24)18-8-9-19-20(14-18)30-16-29-19/h8-9,14,17,22H,2-5,10-13,15-16H2,1H3,(H,25,26). The van der Waals surface area contributed by atoms with Crippen LogP contribution in [0.3, 0.4) is 0 Å². The number of anilines is 1. The summed E-state index contributed by atoms with van der Waals surface area (Å²) in [4.78, 5) is 13.2. The molecule has 2 aliphatic heterocycles. The number of hydrogen-bond donors (Lipinski definition) is 2. The first-order valence-electron chi connectivity index (χ1n) is 10.5. The quantitative estimate of drug-likeness (QED) is 0.460. The number of nitrogens with one attached hydrogen (secondary N) is 1. The summed E-state index contributed by atoms with van der Waals surface area (Å²) in [5.74, 6) is 6.71. The molecule has 1 aromatic carbocycles. The van der Waals surface area contributed by atoms with Crippen LogP contribution in [0.15, 0.2) is 18.2 Å². The Morgan fingerprint density at radius 2 is 1.94 bits per heavy atom. The van der Waals surface area contributed by atoms with E-state index in [0.717, 1.165) is 24.9 Å².